The van der Waals surface area contributed by atoms with Crippen LogP contribution in [0.25, 0.3) is 10.9 Å². The van der Waals surface area contributed by atoms with Crippen LogP contribution in [0.3, 0.4) is 0 Å². The summed E-state index contributed by atoms with van der Waals surface area (Å²) >= 11 is 0. The fourth-order valence-corrected chi connectivity index (χ4v) is 2.09. The smallest absolute Gasteiger partial charge is 0.0734 e. The number of aliphatic hydroxyl groups excluding tert-OH is 1. The molecule has 1 aromatic heterocycles. The summed E-state index contributed by atoms with van der Waals surface area (Å²) in [7, 11) is 1.97. The van der Waals surface area contributed by atoms with Gasteiger partial charge in [-0.15, -0.1) is 0 Å². The van der Waals surface area contributed by atoms with Crippen LogP contribution < -0.4 is 0 Å². The second-order valence-electron chi connectivity index (χ2n) is 4.29. The summed E-state index contributed by atoms with van der Waals surface area (Å²) in [4.78, 5) is 0. The zero-order valence-corrected chi connectivity index (χ0v) is 8.77. The minimum atomic E-state index is 0.0971. The summed E-state index contributed by atoms with van der Waals surface area (Å²) in [5.41, 5.74) is 3.31. The van der Waals surface area contributed by atoms with Gasteiger partial charge in [-0.1, -0.05) is 12.1 Å². The van der Waals surface area contributed by atoms with E-state index in [1.807, 2.05) is 23.9 Å². The van der Waals surface area contributed by atoms with Gasteiger partial charge in [0.05, 0.1) is 17.8 Å². The SMILES string of the molecule is Cn1nc(C2CC2)c2ccc(CO)cc21. The molecule has 1 heterocycles. The molecule has 3 heteroatoms. The van der Waals surface area contributed by atoms with Crippen LogP contribution in [-0.4, -0.2) is 14.9 Å². The molecule has 1 fully saturated rings. The highest BCUT2D eigenvalue weighted by Crippen LogP contribution is 2.42. The average Bonchev–Trinajstić information content (AvgIpc) is 3.05. The van der Waals surface area contributed by atoms with Crippen molar-refractivity contribution in [2.45, 2.75) is 25.4 Å². The average molecular weight is 202 g/mol. The Hall–Kier alpha value is -1.35. The van der Waals surface area contributed by atoms with E-state index in [-0.39, 0.29) is 6.61 Å². The van der Waals surface area contributed by atoms with E-state index in [0.717, 1.165) is 11.1 Å². The van der Waals surface area contributed by atoms with E-state index in [2.05, 4.69) is 11.2 Å². The molecular formula is C12H14N2O. The predicted molar refractivity (Wildman–Crippen MR) is 58.6 cm³/mol. The first-order chi connectivity index (χ1) is 7.29. The van der Waals surface area contributed by atoms with Crippen molar-refractivity contribution in [2.24, 2.45) is 7.05 Å². The Morgan fingerprint density at radius 1 is 1.47 bits per heavy atom. The first-order valence-corrected chi connectivity index (χ1v) is 5.36. The van der Waals surface area contributed by atoms with Crippen LogP contribution >= 0.6 is 0 Å². The summed E-state index contributed by atoms with van der Waals surface area (Å²) in [5, 5.41) is 14.9. The Morgan fingerprint density at radius 2 is 2.27 bits per heavy atom. The minimum Gasteiger partial charge on any atom is -0.392 e. The Balaban J connectivity index is 2.23. The van der Waals surface area contributed by atoms with Crippen molar-refractivity contribution < 1.29 is 5.11 Å². The van der Waals surface area contributed by atoms with Crippen molar-refractivity contribution in [2.75, 3.05) is 0 Å². The van der Waals surface area contributed by atoms with Crippen molar-refractivity contribution in [3.8, 4) is 0 Å². The molecule has 1 saturated carbocycles. The number of fused-ring (bicyclic) bond motifs is 1. The number of aryl methyl sites for hydroxylation is 1. The summed E-state index contributed by atoms with van der Waals surface area (Å²) in [6.45, 7) is 0.0971. The number of rotatable bonds is 2. The van der Waals surface area contributed by atoms with Gasteiger partial charge in [-0.25, -0.2) is 0 Å². The molecule has 3 rings (SSSR count). The zero-order valence-electron chi connectivity index (χ0n) is 8.77. The van der Waals surface area contributed by atoms with Crippen LogP contribution in [-0.2, 0) is 13.7 Å². The summed E-state index contributed by atoms with van der Waals surface area (Å²) in [6, 6.07) is 6.09. The lowest BCUT2D eigenvalue weighted by Gasteiger charge is -1.97. The van der Waals surface area contributed by atoms with Crippen molar-refractivity contribution >= 4 is 10.9 Å². The molecule has 0 atom stereocenters. The molecule has 1 aliphatic carbocycles. The topological polar surface area (TPSA) is 38.0 Å². The fraction of sp³-hybridized carbons (Fsp3) is 0.417. The highest BCUT2D eigenvalue weighted by Gasteiger charge is 2.28. The third-order valence-electron chi connectivity index (χ3n) is 3.09. The van der Waals surface area contributed by atoms with Crippen molar-refractivity contribution in [1.82, 2.24) is 9.78 Å². The number of aliphatic hydroxyl groups is 1. The van der Waals surface area contributed by atoms with Crippen molar-refractivity contribution in [3.63, 3.8) is 0 Å². The van der Waals surface area contributed by atoms with E-state index < -0.39 is 0 Å². The van der Waals surface area contributed by atoms with Gasteiger partial charge < -0.3 is 5.11 Å². The number of hydrogen-bond donors (Lipinski definition) is 1. The molecule has 3 nitrogen and oxygen atoms in total. The quantitative estimate of drug-likeness (QED) is 0.808. The van der Waals surface area contributed by atoms with Gasteiger partial charge in [0.15, 0.2) is 0 Å². The number of nitrogens with zero attached hydrogens (tertiary/aromatic N) is 2. The van der Waals surface area contributed by atoms with E-state index in [1.165, 1.54) is 23.9 Å². The molecule has 2 aromatic rings. The summed E-state index contributed by atoms with van der Waals surface area (Å²) < 4.78 is 1.92. The van der Waals surface area contributed by atoms with Gasteiger partial charge in [-0.05, 0) is 24.5 Å². The molecular weight excluding hydrogens is 188 g/mol. The Labute approximate surface area is 88.3 Å². The van der Waals surface area contributed by atoms with Crippen LogP contribution in [0.4, 0.5) is 0 Å². The summed E-state index contributed by atoms with van der Waals surface area (Å²) in [6.07, 6.45) is 2.54. The Morgan fingerprint density at radius 3 is 2.93 bits per heavy atom. The van der Waals surface area contributed by atoms with E-state index in [0.29, 0.717) is 5.92 Å². The highest BCUT2D eigenvalue weighted by atomic mass is 16.3. The van der Waals surface area contributed by atoms with E-state index in [4.69, 9.17) is 5.11 Å². The third-order valence-corrected chi connectivity index (χ3v) is 3.09. The van der Waals surface area contributed by atoms with Gasteiger partial charge in [0.25, 0.3) is 0 Å². The second kappa shape index (κ2) is 3.07. The first-order valence-electron chi connectivity index (χ1n) is 5.36. The molecule has 78 valence electrons. The van der Waals surface area contributed by atoms with Gasteiger partial charge in [-0.2, -0.15) is 5.10 Å². The maximum absolute atomic E-state index is 9.09. The van der Waals surface area contributed by atoms with Gasteiger partial charge in [0.1, 0.15) is 0 Å². The third kappa shape index (κ3) is 1.35. The molecule has 0 spiro atoms. The molecule has 1 aliphatic rings. The molecule has 15 heavy (non-hydrogen) atoms. The predicted octanol–water partition coefficient (Wildman–Crippen LogP) is 1.94. The van der Waals surface area contributed by atoms with Crippen molar-refractivity contribution in [3.05, 3.63) is 29.5 Å². The molecule has 1 N–H and O–H groups in total. The minimum absolute atomic E-state index is 0.0971. The molecule has 0 radical (unpaired) electrons. The molecule has 0 aliphatic heterocycles. The normalized spacial score (nSPS) is 16.1. The Kier molecular flexibility index (Phi) is 1.83. The number of aromatic nitrogens is 2. The molecule has 0 bridgehead atoms. The van der Waals surface area contributed by atoms with E-state index >= 15 is 0 Å². The van der Waals surface area contributed by atoms with Crippen LogP contribution in [0.15, 0.2) is 18.2 Å². The van der Waals surface area contributed by atoms with Crippen LogP contribution in [0.1, 0.15) is 30.0 Å². The molecule has 0 unspecified atom stereocenters. The van der Waals surface area contributed by atoms with Crippen LogP contribution in [0.5, 0.6) is 0 Å². The zero-order chi connectivity index (χ0) is 10.4. The van der Waals surface area contributed by atoms with Crippen molar-refractivity contribution in [1.29, 1.82) is 0 Å². The highest BCUT2D eigenvalue weighted by molar-refractivity contribution is 5.83. The largest absolute Gasteiger partial charge is 0.392 e. The number of benzene rings is 1. The standard InChI is InChI=1S/C12H14N2O/c1-14-11-6-8(7-15)2-5-10(11)12(13-14)9-3-4-9/h2,5-6,9,15H,3-4,7H2,1H3. The van der Waals surface area contributed by atoms with E-state index in [9.17, 15) is 0 Å². The van der Waals surface area contributed by atoms with Gasteiger partial charge in [0.2, 0.25) is 0 Å². The van der Waals surface area contributed by atoms with Gasteiger partial charge in [-0.3, -0.25) is 4.68 Å². The lowest BCUT2D eigenvalue weighted by atomic mass is 10.1. The maximum Gasteiger partial charge on any atom is 0.0734 e. The number of hydrogen-bond acceptors (Lipinski definition) is 2. The van der Waals surface area contributed by atoms with E-state index in [1.54, 1.807) is 0 Å². The van der Waals surface area contributed by atoms with Gasteiger partial charge in [0, 0.05) is 18.4 Å². The molecule has 0 saturated heterocycles. The lowest BCUT2D eigenvalue weighted by molar-refractivity contribution is 0.282. The maximum atomic E-state index is 9.09. The fourth-order valence-electron chi connectivity index (χ4n) is 2.09. The monoisotopic (exact) mass is 202 g/mol. The van der Waals surface area contributed by atoms with Crippen LogP contribution in [0.2, 0.25) is 0 Å². The molecule has 1 aromatic carbocycles. The Bertz CT molecular complexity index is 512. The second-order valence-corrected chi connectivity index (χ2v) is 4.29. The van der Waals surface area contributed by atoms with Crippen LogP contribution in [0, 0.1) is 0 Å². The van der Waals surface area contributed by atoms with Gasteiger partial charge >= 0.3 is 0 Å². The summed E-state index contributed by atoms with van der Waals surface area (Å²) in [5.74, 6) is 0.675. The first kappa shape index (κ1) is 8.92. The lowest BCUT2D eigenvalue weighted by Crippen LogP contribution is -1.91. The molecule has 0 amide bonds.